The molecule has 5 nitrogen and oxygen atoms in total. The Bertz CT molecular complexity index is 821. The van der Waals surface area contributed by atoms with Crippen LogP contribution in [0.15, 0.2) is 46.0 Å². The average Bonchev–Trinajstić information content (AvgIpc) is 2.68. The van der Waals surface area contributed by atoms with Crippen molar-refractivity contribution in [3.63, 3.8) is 0 Å². The second-order valence-electron chi connectivity index (χ2n) is 6.05. The summed E-state index contributed by atoms with van der Waals surface area (Å²) in [4.78, 5) is 12.0. The van der Waals surface area contributed by atoms with Gasteiger partial charge in [0.05, 0.1) is 17.8 Å². The molecular weight excluding hydrogens is 396 g/mol. The highest BCUT2D eigenvalue weighted by atomic mass is 79.9. The number of hydrogen-bond acceptors (Lipinski definition) is 4. The lowest BCUT2D eigenvalue weighted by molar-refractivity contribution is -0.123. The molecule has 1 amide bonds. The molecule has 0 saturated carbocycles. The second kappa shape index (κ2) is 8.85. The summed E-state index contributed by atoms with van der Waals surface area (Å²) in [5.74, 6) is 1.06. The standard InChI is InChI=1S/C20H21BrN2O3/c1-25-17-9-5-3-7-15(17)12-22-23-19(24)13-26-18-11-10-14-6-2-4-8-16(14)20(18)21/h3,5,7,9-12H,2,4,6,8,13H2,1H3,(H,23,24)/b22-12-. The first kappa shape index (κ1) is 18.5. The van der Waals surface area contributed by atoms with Crippen LogP contribution in [-0.2, 0) is 17.6 Å². The minimum Gasteiger partial charge on any atom is -0.496 e. The molecule has 2 aromatic carbocycles. The van der Waals surface area contributed by atoms with E-state index in [0.29, 0.717) is 11.5 Å². The molecule has 0 spiro atoms. The summed E-state index contributed by atoms with van der Waals surface area (Å²) in [7, 11) is 1.59. The van der Waals surface area contributed by atoms with Gasteiger partial charge < -0.3 is 9.47 Å². The molecular formula is C20H21BrN2O3. The van der Waals surface area contributed by atoms with Crippen LogP contribution < -0.4 is 14.9 Å². The van der Waals surface area contributed by atoms with Crippen molar-refractivity contribution in [1.82, 2.24) is 5.43 Å². The number of nitrogens with zero attached hydrogens (tertiary/aromatic N) is 1. The van der Waals surface area contributed by atoms with Crippen LogP contribution in [0.1, 0.15) is 29.5 Å². The number of benzene rings is 2. The van der Waals surface area contributed by atoms with Crippen LogP contribution in [0.2, 0.25) is 0 Å². The Morgan fingerprint density at radius 3 is 2.85 bits per heavy atom. The van der Waals surface area contributed by atoms with Crippen molar-refractivity contribution in [3.8, 4) is 11.5 Å². The molecule has 3 rings (SSSR count). The number of amides is 1. The van der Waals surface area contributed by atoms with E-state index < -0.39 is 0 Å². The third-order valence-corrected chi connectivity index (χ3v) is 5.19. The highest BCUT2D eigenvalue weighted by Gasteiger charge is 2.16. The number of halogens is 1. The van der Waals surface area contributed by atoms with E-state index in [1.54, 1.807) is 13.3 Å². The molecule has 1 N–H and O–H groups in total. The van der Waals surface area contributed by atoms with E-state index in [0.717, 1.165) is 22.9 Å². The van der Waals surface area contributed by atoms with Crippen molar-refractivity contribution in [2.24, 2.45) is 5.10 Å². The number of ether oxygens (including phenoxy) is 2. The van der Waals surface area contributed by atoms with Crippen LogP contribution in [0.25, 0.3) is 0 Å². The van der Waals surface area contributed by atoms with Gasteiger partial charge in [-0.3, -0.25) is 4.79 Å². The molecule has 0 saturated heterocycles. The van der Waals surface area contributed by atoms with Crippen molar-refractivity contribution >= 4 is 28.1 Å². The molecule has 2 aromatic rings. The van der Waals surface area contributed by atoms with Crippen molar-refractivity contribution in [2.45, 2.75) is 25.7 Å². The Hall–Kier alpha value is -2.34. The number of hydrazone groups is 1. The maximum atomic E-state index is 12.0. The molecule has 0 unspecified atom stereocenters. The van der Waals surface area contributed by atoms with Crippen molar-refractivity contribution in [1.29, 1.82) is 0 Å². The van der Waals surface area contributed by atoms with E-state index in [2.05, 4.69) is 32.5 Å². The van der Waals surface area contributed by atoms with Crippen LogP contribution in [0.4, 0.5) is 0 Å². The number of carbonyl (C=O) groups is 1. The van der Waals surface area contributed by atoms with Gasteiger partial charge >= 0.3 is 0 Å². The zero-order chi connectivity index (χ0) is 18.4. The minimum atomic E-state index is -0.319. The van der Waals surface area contributed by atoms with E-state index in [1.165, 1.54) is 24.0 Å². The largest absolute Gasteiger partial charge is 0.496 e. The second-order valence-corrected chi connectivity index (χ2v) is 6.84. The zero-order valence-electron chi connectivity index (χ0n) is 14.6. The van der Waals surface area contributed by atoms with E-state index in [1.807, 2.05) is 30.3 Å². The predicted molar refractivity (Wildman–Crippen MR) is 105 cm³/mol. The summed E-state index contributed by atoms with van der Waals surface area (Å²) in [5.41, 5.74) is 5.91. The zero-order valence-corrected chi connectivity index (χ0v) is 16.2. The maximum absolute atomic E-state index is 12.0. The minimum absolute atomic E-state index is 0.0966. The first-order valence-corrected chi connectivity index (χ1v) is 9.36. The Balaban J connectivity index is 1.55. The molecule has 0 atom stereocenters. The number of fused-ring (bicyclic) bond motifs is 1. The molecule has 1 aliphatic rings. The predicted octanol–water partition coefficient (Wildman–Crippen LogP) is 3.87. The normalized spacial score (nSPS) is 13.3. The van der Waals surface area contributed by atoms with E-state index in [4.69, 9.17) is 9.47 Å². The van der Waals surface area contributed by atoms with Crippen LogP contribution >= 0.6 is 15.9 Å². The van der Waals surface area contributed by atoms with Gasteiger partial charge in [0.2, 0.25) is 0 Å². The van der Waals surface area contributed by atoms with E-state index in [9.17, 15) is 4.79 Å². The number of nitrogens with one attached hydrogen (secondary N) is 1. The van der Waals surface area contributed by atoms with E-state index in [-0.39, 0.29) is 12.5 Å². The number of rotatable bonds is 6. The third kappa shape index (κ3) is 4.43. The van der Waals surface area contributed by atoms with Gasteiger partial charge in [-0.25, -0.2) is 5.43 Å². The van der Waals surface area contributed by atoms with Crippen LogP contribution in [0.5, 0.6) is 11.5 Å². The lowest BCUT2D eigenvalue weighted by Gasteiger charge is -2.19. The van der Waals surface area contributed by atoms with Crippen LogP contribution in [0.3, 0.4) is 0 Å². The molecule has 26 heavy (non-hydrogen) atoms. The fourth-order valence-electron chi connectivity index (χ4n) is 3.00. The highest BCUT2D eigenvalue weighted by Crippen LogP contribution is 2.35. The number of carbonyl (C=O) groups excluding carboxylic acids is 1. The number of para-hydroxylation sites is 1. The van der Waals surface area contributed by atoms with Gasteiger partial charge in [-0.1, -0.05) is 18.2 Å². The number of hydrogen-bond donors (Lipinski definition) is 1. The first-order valence-electron chi connectivity index (χ1n) is 8.57. The monoisotopic (exact) mass is 416 g/mol. The fraction of sp³-hybridized carbons (Fsp3) is 0.300. The molecule has 0 heterocycles. The fourth-order valence-corrected chi connectivity index (χ4v) is 3.69. The molecule has 0 aliphatic heterocycles. The van der Waals surface area contributed by atoms with Gasteiger partial charge in [0.15, 0.2) is 6.61 Å². The topological polar surface area (TPSA) is 59.9 Å². The number of aryl methyl sites for hydroxylation is 1. The van der Waals surface area contributed by atoms with Gasteiger partial charge in [-0.2, -0.15) is 5.10 Å². The Morgan fingerprint density at radius 2 is 2.00 bits per heavy atom. The summed E-state index contributed by atoms with van der Waals surface area (Å²) >= 11 is 3.62. The Labute approximate surface area is 161 Å². The van der Waals surface area contributed by atoms with Gasteiger partial charge in [-0.15, -0.1) is 0 Å². The lowest BCUT2D eigenvalue weighted by atomic mass is 9.92. The van der Waals surface area contributed by atoms with Crippen LogP contribution in [-0.4, -0.2) is 25.8 Å². The number of methoxy groups -OCH3 is 1. The smallest absolute Gasteiger partial charge is 0.277 e. The molecule has 0 fully saturated rings. The Kier molecular flexibility index (Phi) is 6.28. The Morgan fingerprint density at radius 1 is 1.19 bits per heavy atom. The highest BCUT2D eigenvalue weighted by molar-refractivity contribution is 9.10. The summed E-state index contributed by atoms with van der Waals surface area (Å²) < 4.78 is 11.8. The molecule has 6 heteroatoms. The van der Waals surface area contributed by atoms with Gasteiger partial charge in [0.25, 0.3) is 5.91 Å². The van der Waals surface area contributed by atoms with Crippen molar-refractivity contribution in [2.75, 3.05) is 13.7 Å². The summed E-state index contributed by atoms with van der Waals surface area (Å²) in [6.45, 7) is -0.0966. The SMILES string of the molecule is COc1ccccc1/C=N\NC(=O)COc1ccc2c(c1Br)CCCC2. The third-order valence-electron chi connectivity index (χ3n) is 4.32. The summed E-state index contributed by atoms with van der Waals surface area (Å²) in [6.07, 6.45) is 6.11. The molecule has 1 aliphatic carbocycles. The summed E-state index contributed by atoms with van der Waals surface area (Å²) in [5, 5.41) is 3.96. The molecule has 136 valence electrons. The van der Waals surface area contributed by atoms with E-state index >= 15 is 0 Å². The van der Waals surface area contributed by atoms with Crippen molar-refractivity contribution < 1.29 is 14.3 Å². The summed E-state index contributed by atoms with van der Waals surface area (Å²) in [6, 6.07) is 11.4. The van der Waals surface area contributed by atoms with Crippen molar-refractivity contribution in [3.05, 3.63) is 57.6 Å². The molecule has 0 aromatic heterocycles. The maximum Gasteiger partial charge on any atom is 0.277 e. The molecule has 0 radical (unpaired) electrons. The quantitative estimate of drug-likeness (QED) is 0.574. The molecule has 0 bridgehead atoms. The lowest BCUT2D eigenvalue weighted by Crippen LogP contribution is -2.24. The first-order chi connectivity index (χ1) is 12.7. The van der Waals surface area contributed by atoms with Gasteiger partial charge in [0, 0.05) is 5.56 Å². The van der Waals surface area contributed by atoms with Gasteiger partial charge in [-0.05, 0) is 70.9 Å². The van der Waals surface area contributed by atoms with Crippen LogP contribution in [0, 0.1) is 0 Å². The average molecular weight is 417 g/mol. The van der Waals surface area contributed by atoms with Gasteiger partial charge in [0.1, 0.15) is 11.5 Å².